The van der Waals surface area contributed by atoms with Crippen molar-refractivity contribution in [2.24, 2.45) is 5.92 Å². The molecule has 2 fully saturated rings. The summed E-state index contributed by atoms with van der Waals surface area (Å²) in [4.78, 5) is 14.0. The molecule has 2 aliphatic rings. The van der Waals surface area contributed by atoms with Gasteiger partial charge in [0.1, 0.15) is 0 Å². The Morgan fingerprint density at radius 1 is 1.28 bits per heavy atom. The highest BCUT2D eigenvalue weighted by molar-refractivity contribution is 5.85. The summed E-state index contributed by atoms with van der Waals surface area (Å²) >= 11 is 0. The monoisotopic (exact) mass is 275 g/mol. The Morgan fingerprint density at radius 3 is 2.39 bits per heavy atom. The third kappa shape index (κ3) is 4.41. The molecular formula is C13H26ClN3O. The lowest BCUT2D eigenvalue weighted by Crippen LogP contribution is -2.58. The van der Waals surface area contributed by atoms with Crippen LogP contribution in [0.15, 0.2) is 0 Å². The van der Waals surface area contributed by atoms with Crippen molar-refractivity contribution in [2.45, 2.75) is 44.7 Å². The van der Waals surface area contributed by atoms with Crippen LogP contribution in [0.25, 0.3) is 0 Å². The van der Waals surface area contributed by atoms with Gasteiger partial charge in [-0.2, -0.15) is 0 Å². The second-order valence-corrected chi connectivity index (χ2v) is 5.75. The smallest absolute Gasteiger partial charge is 0.234 e. The maximum Gasteiger partial charge on any atom is 0.234 e. The minimum atomic E-state index is 0. The summed E-state index contributed by atoms with van der Waals surface area (Å²) < 4.78 is 0. The quantitative estimate of drug-likeness (QED) is 0.805. The minimum Gasteiger partial charge on any atom is -0.352 e. The van der Waals surface area contributed by atoms with Gasteiger partial charge in [0.05, 0.1) is 6.54 Å². The van der Waals surface area contributed by atoms with E-state index >= 15 is 0 Å². The summed E-state index contributed by atoms with van der Waals surface area (Å²) in [5.41, 5.74) is 0. The highest BCUT2D eigenvalue weighted by atomic mass is 35.5. The topological polar surface area (TPSA) is 44.4 Å². The van der Waals surface area contributed by atoms with Crippen molar-refractivity contribution in [1.29, 1.82) is 0 Å². The number of likely N-dealkylation sites (N-methyl/N-ethyl adjacent to an activating group) is 1. The van der Waals surface area contributed by atoms with Crippen molar-refractivity contribution in [3.05, 3.63) is 0 Å². The van der Waals surface area contributed by atoms with Gasteiger partial charge in [-0.05, 0) is 38.6 Å². The molecular weight excluding hydrogens is 250 g/mol. The third-order valence-electron chi connectivity index (χ3n) is 4.16. The Hall–Kier alpha value is -0.320. The largest absolute Gasteiger partial charge is 0.352 e. The number of hydrogen-bond donors (Lipinski definition) is 2. The van der Waals surface area contributed by atoms with Crippen LogP contribution in [0.3, 0.4) is 0 Å². The number of nitrogens with one attached hydrogen (secondary N) is 2. The molecule has 0 aromatic heterocycles. The zero-order valence-electron chi connectivity index (χ0n) is 11.4. The van der Waals surface area contributed by atoms with Gasteiger partial charge in [0.2, 0.25) is 5.91 Å². The molecule has 0 radical (unpaired) electrons. The van der Waals surface area contributed by atoms with Crippen LogP contribution < -0.4 is 10.6 Å². The van der Waals surface area contributed by atoms with Crippen LogP contribution in [-0.2, 0) is 4.79 Å². The number of halogens is 1. The van der Waals surface area contributed by atoms with E-state index in [0.717, 1.165) is 31.8 Å². The molecule has 1 aliphatic carbocycles. The molecule has 1 amide bonds. The molecule has 1 heterocycles. The van der Waals surface area contributed by atoms with Gasteiger partial charge in [-0.15, -0.1) is 12.4 Å². The number of carbonyl (C=O) groups excluding carboxylic acids is 1. The minimum absolute atomic E-state index is 0. The van der Waals surface area contributed by atoms with Crippen LogP contribution >= 0.6 is 12.4 Å². The van der Waals surface area contributed by atoms with E-state index in [1.54, 1.807) is 0 Å². The van der Waals surface area contributed by atoms with Crippen LogP contribution in [-0.4, -0.2) is 49.6 Å². The van der Waals surface area contributed by atoms with Gasteiger partial charge < -0.3 is 10.6 Å². The van der Waals surface area contributed by atoms with E-state index in [4.69, 9.17) is 0 Å². The summed E-state index contributed by atoms with van der Waals surface area (Å²) in [5, 5.41) is 6.40. The summed E-state index contributed by atoms with van der Waals surface area (Å²) in [6.45, 7) is 4.88. The van der Waals surface area contributed by atoms with Crippen LogP contribution in [0.5, 0.6) is 0 Å². The predicted molar refractivity (Wildman–Crippen MR) is 76.1 cm³/mol. The standard InChI is InChI=1S/C13H25N3O.ClH/c1-10-3-5-11(6-4-10)15-13(17)9-16(2)12-7-14-8-12;/h10-12,14H,3-9H2,1-2H3,(H,15,17);1H. The molecule has 106 valence electrons. The van der Waals surface area contributed by atoms with E-state index in [-0.39, 0.29) is 18.3 Å². The first-order chi connectivity index (χ1) is 8.15. The van der Waals surface area contributed by atoms with Crippen LogP contribution in [0.1, 0.15) is 32.6 Å². The number of amides is 1. The second-order valence-electron chi connectivity index (χ2n) is 5.75. The van der Waals surface area contributed by atoms with Gasteiger partial charge in [0.25, 0.3) is 0 Å². The second kappa shape index (κ2) is 7.31. The number of hydrogen-bond acceptors (Lipinski definition) is 3. The maximum atomic E-state index is 11.9. The number of rotatable bonds is 4. The average Bonchev–Trinajstić information content (AvgIpc) is 2.18. The molecule has 1 aliphatic heterocycles. The zero-order valence-corrected chi connectivity index (χ0v) is 12.3. The molecule has 1 saturated carbocycles. The Labute approximate surface area is 116 Å². The average molecular weight is 276 g/mol. The predicted octanol–water partition coefficient (Wildman–Crippen LogP) is 1.01. The van der Waals surface area contributed by atoms with Crippen LogP contribution in [0.4, 0.5) is 0 Å². The Bertz CT molecular complexity index is 263. The van der Waals surface area contributed by atoms with E-state index < -0.39 is 0 Å². The fourth-order valence-corrected chi connectivity index (χ4v) is 2.62. The van der Waals surface area contributed by atoms with Gasteiger partial charge in [-0.3, -0.25) is 9.69 Å². The van der Waals surface area contributed by atoms with Gasteiger partial charge >= 0.3 is 0 Å². The van der Waals surface area contributed by atoms with Crippen molar-refractivity contribution in [3.63, 3.8) is 0 Å². The number of carbonyl (C=O) groups is 1. The van der Waals surface area contributed by atoms with Crippen LogP contribution in [0, 0.1) is 5.92 Å². The van der Waals surface area contributed by atoms with Crippen molar-refractivity contribution < 1.29 is 4.79 Å². The fraction of sp³-hybridized carbons (Fsp3) is 0.923. The normalized spacial score (nSPS) is 28.4. The molecule has 0 atom stereocenters. The summed E-state index contributed by atoms with van der Waals surface area (Å²) in [5.74, 6) is 1.03. The van der Waals surface area contributed by atoms with Crippen molar-refractivity contribution in [1.82, 2.24) is 15.5 Å². The van der Waals surface area contributed by atoms with Gasteiger partial charge in [0.15, 0.2) is 0 Å². The molecule has 18 heavy (non-hydrogen) atoms. The first-order valence-corrected chi connectivity index (χ1v) is 6.85. The van der Waals surface area contributed by atoms with E-state index in [2.05, 4.69) is 22.5 Å². The van der Waals surface area contributed by atoms with Crippen molar-refractivity contribution in [2.75, 3.05) is 26.7 Å². The molecule has 0 aromatic rings. The molecule has 0 bridgehead atoms. The summed E-state index contributed by atoms with van der Waals surface area (Å²) in [7, 11) is 2.04. The Kier molecular flexibility index (Phi) is 6.39. The first-order valence-electron chi connectivity index (χ1n) is 6.85. The molecule has 2 N–H and O–H groups in total. The molecule has 0 aromatic carbocycles. The van der Waals surface area contributed by atoms with Crippen LogP contribution in [0.2, 0.25) is 0 Å². The molecule has 0 spiro atoms. The van der Waals surface area contributed by atoms with Gasteiger partial charge in [-0.1, -0.05) is 6.92 Å². The van der Waals surface area contributed by atoms with E-state index in [1.165, 1.54) is 12.8 Å². The van der Waals surface area contributed by atoms with E-state index in [9.17, 15) is 4.79 Å². The lowest BCUT2D eigenvalue weighted by atomic mass is 9.87. The Balaban J connectivity index is 0.00000162. The van der Waals surface area contributed by atoms with Gasteiger partial charge in [-0.25, -0.2) is 0 Å². The maximum absolute atomic E-state index is 11.9. The lowest BCUT2D eigenvalue weighted by molar-refractivity contribution is -0.123. The highest BCUT2D eigenvalue weighted by Gasteiger charge is 2.24. The van der Waals surface area contributed by atoms with E-state index in [1.807, 2.05) is 7.05 Å². The third-order valence-corrected chi connectivity index (χ3v) is 4.16. The van der Waals surface area contributed by atoms with Gasteiger partial charge in [0, 0.05) is 25.2 Å². The Morgan fingerprint density at radius 2 is 1.89 bits per heavy atom. The molecule has 0 unspecified atom stereocenters. The first kappa shape index (κ1) is 15.7. The highest BCUT2D eigenvalue weighted by Crippen LogP contribution is 2.23. The van der Waals surface area contributed by atoms with Crippen molar-refractivity contribution in [3.8, 4) is 0 Å². The molecule has 4 nitrogen and oxygen atoms in total. The summed E-state index contributed by atoms with van der Waals surface area (Å²) in [6, 6.07) is 0.971. The SMILES string of the molecule is CC1CCC(NC(=O)CN(C)C2CNC2)CC1.Cl. The van der Waals surface area contributed by atoms with Crippen molar-refractivity contribution >= 4 is 18.3 Å². The van der Waals surface area contributed by atoms with E-state index in [0.29, 0.717) is 18.6 Å². The summed E-state index contributed by atoms with van der Waals surface area (Å²) in [6.07, 6.45) is 4.82. The lowest BCUT2D eigenvalue weighted by Gasteiger charge is -2.35. The molecule has 5 heteroatoms. The fourth-order valence-electron chi connectivity index (χ4n) is 2.62. The zero-order chi connectivity index (χ0) is 12.3. The molecule has 1 saturated heterocycles. The molecule has 2 rings (SSSR count). The number of nitrogens with zero attached hydrogens (tertiary/aromatic N) is 1.